The van der Waals surface area contributed by atoms with E-state index in [1.54, 1.807) is 4.68 Å². The summed E-state index contributed by atoms with van der Waals surface area (Å²) in [6, 6.07) is -0.211. The molecule has 2 rings (SSSR count). The van der Waals surface area contributed by atoms with Gasteiger partial charge < -0.3 is 15.4 Å². The first kappa shape index (κ1) is 12.1. The largest absolute Gasteiger partial charge is 0.378 e. The minimum atomic E-state index is -0.211. The van der Waals surface area contributed by atoms with Gasteiger partial charge in [0.2, 0.25) is 5.91 Å². The monoisotopic (exact) mass is 238 g/mol. The number of morpholine rings is 1. The zero-order chi connectivity index (χ0) is 12.1. The van der Waals surface area contributed by atoms with Gasteiger partial charge in [0.1, 0.15) is 6.04 Å². The van der Waals surface area contributed by atoms with E-state index in [4.69, 9.17) is 4.74 Å². The number of aromatic nitrogens is 2. The number of carbonyl (C=O) groups excluding carboxylic acids is 1. The van der Waals surface area contributed by atoms with Crippen LogP contribution in [0.3, 0.4) is 0 Å². The Bertz CT molecular complexity index is 371. The molecule has 1 saturated heterocycles. The fourth-order valence-corrected chi connectivity index (χ4v) is 1.79. The molecule has 0 radical (unpaired) electrons. The molecule has 1 fully saturated rings. The second-order valence-electron chi connectivity index (χ2n) is 4.14. The molecular formula is C11H18N4O2. The molecule has 1 aromatic heterocycles. The average Bonchev–Trinajstić information content (AvgIpc) is 2.76. The highest BCUT2D eigenvalue weighted by Crippen LogP contribution is 1.97. The fourth-order valence-electron chi connectivity index (χ4n) is 1.79. The van der Waals surface area contributed by atoms with Gasteiger partial charge in [-0.25, -0.2) is 0 Å². The van der Waals surface area contributed by atoms with Gasteiger partial charge in [0.05, 0.1) is 19.4 Å². The first-order chi connectivity index (χ1) is 8.25. The van der Waals surface area contributed by atoms with Gasteiger partial charge >= 0.3 is 0 Å². The van der Waals surface area contributed by atoms with Crippen molar-refractivity contribution in [3.8, 4) is 0 Å². The van der Waals surface area contributed by atoms with Crippen LogP contribution in [0.25, 0.3) is 0 Å². The summed E-state index contributed by atoms with van der Waals surface area (Å²) in [6.45, 7) is 2.50. The first-order valence-electron chi connectivity index (χ1n) is 5.82. The van der Waals surface area contributed by atoms with Gasteiger partial charge in [0, 0.05) is 26.3 Å². The number of ether oxygens (including phenoxy) is 1. The van der Waals surface area contributed by atoms with Crippen molar-refractivity contribution < 1.29 is 9.53 Å². The summed E-state index contributed by atoms with van der Waals surface area (Å²) in [4.78, 5) is 11.7. The molecule has 0 spiro atoms. The molecule has 94 valence electrons. The lowest BCUT2D eigenvalue weighted by Gasteiger charge is -2.22. The zero-order valence-corrected chi connectivity index (χ0v) is 9.98. The Hall–Kier alpha value is -1.40. The van der Waals surface area contributed by atoms with E-state index in [2.05, 4.69) is 15.7 Å². The van der Waals surface area contributed by atoms with E-state index >= 15 is 0 Å². The van der Waals surface area contributed by atoms with Crippen LogP contribution in [0.15, 0.2) is 12.4 Å². The van der Waals surface area contributed by atoms with Crippen molar-refractivity contribution in [2.75, 3.05) is 26.3 Å². The summed E-state index contributed by atoms with van der Waals surface area (Å²) >= 11 is 0. The van der Waals surface area contributed by atoms with E-state index in [-0.39, 0.29) is 11.9 Å². The predicted octanol–water partition coefficient (Wildman–Crippen LogP) is -0.933. The molecule has 0 bridgehead atoms. The van der Waals surface area contributed by atoms with Crippen molar-refractivity contribution in [1.82, 2.24) is 20.4 Å². The average molecular weight is 238 g/mol. The van der Waals surface area contributed by atoms with Crippen molar-refractivity contribution >= 4 is 5.91 Å². The summed E-state index contributed by atoms with van der Waals surface area (Å²) in [5.41, 5.74) is 1.13. The molecule has 17 heavy (non-hydrogen) atoms. The Morgan fingerprint density at radius 2 is 2.65 bits per heavy atom. The van der Waals surface area contributed by atoms with Crippen LogP contribution in [0.2, 0.25) is 0 Å². The fraction of sp³-hybridized carbons (Fsp3) is 0.636. The maximum Gasteiger partial charge on any atom is 0.239 e. The lowest BCUT2D eigenvalue weighted by molar-refractivity contribution is -0.125. The molecular weight excluding hydrogens is 220 g/mol. The molecule has 0 saturated carbocycles. The molecule has 1 amide bonds. The molecule has 0 aliphatic carbocycles. The molecule has 6 heteroatoms. The summed E-state index contributed by atoms with van der Waals surface area (Å²) in [5.74, 6) is 0.00795. The van der Waals surface area contributed by atoms with Gasteiger partial charge in [-0.05, 0) is 12.0 Å². The lowest BCUT2D eigenvalue weighted by atomic mass is 10.2. The van der Waals surface area contributed by atoms with Crippen molar-refractivity contribution in [1.29, 1.82) is 0 Å². The van der Waals surface area contributed by atoms with Gasteiger partial charge in [0.25, 0.3) is 0 Å². The van der Waals surface area contributed by atoms with Crippen molar-refractivity contribution in [3.05, 3.63) is 18.0 Å². The SMILES string of the molecule is Cn1cc(CCNC(=O)C2COCCN2)cn1. The van der Waals surface area contributed by atoms with Crippen LogP contribution in [0.1, 0.15) is 5.56 Å². The topological polar surface area (TPSA) is 68.2 Å². The van der Waals surface area contributed by atoms with Crippen LogP contribution in [0.4, 0.5) is 0 Å². The number of rotatable bonds is 4. The Balaban J connectivity index is 1.69. The normalized spacial score (nSPS) is 20.2. The third-order valence-corrected chi connectivity index (χ3v) is 2.71. The number of nitrogens with one attached hydrogen (secondary N) is 2. The maximum absolute atomic E-state index is 11.7. The minimum Gasteiger partial charge on any atom is -0.378 e. The van der Waals surface area contributed by atoms with Crippen LogP contribution in [0, 0.1) is 0 Å². The first-order valence-corrected chi connectivity index (χ1v) is 5.82. The van der Waals surface area contributed by atoms with Crippen molar-refractivity contribution in [2.45, 2.75) is 12.5 Å². The highest BCUT2D eigenvalue weighted by Gasteiger charge is 2.20. The molecule has 1 aliphatic heterocycles. The second kappa shape index (κ2) is 5.79. The van der Waals surface area contributed by atoms with Gasteiger partial charge in [-0.2, -0.15) is 5.10 Å². The second-order valence-corrected chi connectivity index (χ2v) is 4.14. The van der Waals surface area contributed by atoms with E-state index < -0.39 is 0 Å². The quantitative estimate of drug-likeness (QED) is 0.711. The zero-order valence-electron chi connectivity index (χ0n) is 9.98. The highest BCUT2D eigenvalue weighted by atomic mass is 16.5. The van der Waals surface area contributed by atoms with Crippen LogP contribution >= 0.6 is 0 Å². The van der Waals surface area contributed by atoms with Crippen molar-refractivity contribution in [2.24, 2.45) is 7.05 Å². The molecule has 6 nitrogen and oxygen atoms in total. The number of aryl methyl sites for hydroxylation is 1. The number of hydrogen-bond acceptors (Lipinski definition) is 4. The Labute approximate surface area is 100 Å². The Morgan fingerprint density at radius 3 is 3.29 bits per heavy atom. The highest BCUT2D eigenvalue weighted by molar-refractivity contribution is 5.81. The van der Waals surface area contributed by atoms with E-state index in [0.29, 0.717) is 19.8 Å². The minimum absolute atomic E-state index is 0.00795. The number of nitrogens with zero attached hydrogens (tertiary/aromatic N) is 2. The van der Waals surface area contributed by atoms with E-state index in [9.17, 15) is 4.79 Å². The molecule has 1 aliphatic rings. The Morgan fingerprint density at radius 1 is 1.76 bits per heavy atom. The van der Waals surface area contributed by atoms with Gasteiger partial charge in [-0.1, -0.05) is 0 Å². The Kier molecular flexibility index (Phi) is 4.11. The van der Waals surface area contributed by atoms with Gasteiger partial charge in [-0.15, -0.1) is 0 Å². The smallest absolute Gasteiger partial charge is 0.239 e. The summed E-state index contributed by atoms with van der Waals surface area (Å²) in [7, 11) is 1.88. The molecule has 1 aromatic rings. The summed E-state index contributed by atoms with van der Waals surface area (Å²) in [6.07, 6.45) is 4.56. The number of carbonyl (C=O) groups is 1. The van der Waals surface area contributed by atoms with Crippen LogP contribution in [0.5, 0.6) is 0 Å². The molecule has 0 aromatic carbocycles. The lowest BCUT2D eigenvalue weighted by Crippen LogP contribution is -2.51. The standard InChI is InChI=1S/C11H18N4O2/c1-15-7-9(6-14-15)2-3-13-11(16)10-8-17-5-4-12-10/h6-7,10,12H,2-5,8H2,1H3,(H,13,16). The summed E-state index contributed by atoms with van der Waals surface area (Å²) in [5, 5.41) is 10.1. The molecule has 1 atom stereocenters. The number of amides is 1. The van der Waals surface area contributed by atoms with Gasteiger partial charge in [-0.3, -0.25) is 9.48 Å². The van der Waals surface area contributed by atoms with Crippen LogP contribution in [-0.2, 0) is 23.0 Å². The van der Waals surface area contributed by atoms with E-state index in [1.165, 1.54) is 0 Å². The molecule has 2 heterocycles. The third kappa shape index (κ3) is 3.54. The molecule has 1 unspecified atom stereocenters. The van der Waals surface area contributed by atoms with E-state index in [0.717, 1.165) is 18.5 Å². The van der Waals surface area contributed by atoms with Crippen molar-refractivity contribution in [3.63, 3.8) is 0 Å². The third-order valence-electron chi connectivity index (χ3n) is 2.71. The summed E-state index contributed by atoms with van der Waals surface area (Å²) < 4.78 is 6.99. The van der Waals surface area contributed by atoms with Gasteiger partial charge in [0.15, 0.2) is 0 Å². The van der Waals surface area contributed by atoms with E-state index in [1.807, 2.05) is 19.4 Å². The molecule has 2 N–H and O–H groups in total. The van der Waals surface area contributed by atoms with Crippen LogP contribution < -0.4 is 10.6 Å². The maximum atomic E-state index is 11.7. The number of hydrogen-bond donors (Lipinski definition) is 2. The van der Waals surface area contributed by atoms with Crippen LogP contribution in [-0.4, -0.2) is 48.0 Å². The predicted molar refractivity (Wildman–Crippen MR) is 62.5 cm³/mol.